The number of nitrogens with two attached hydrogens (primary N) is 1. The summed E-state index contributed by atoms with van der Waals surface area (Å²) < 4.78 is 0. The van der Waals surface area contributed by atoms with Crippen LogP contribution < -0.4 is 5.73 Å². The van der Waals surface area contributed by atoms with Gasteiger partial charge in [-0.3, -0.25) is 4.90 Å². The Morgan fingerprint density at radius 3 is 2.61 bits per heavy atom. The van der Waals surface area contributed by atoms with E-state index >= 15 is 0 Å². The highest BCUT2D eigenvalue weighted by atomic mass is 15.2. The molecule has 1 heterocycles. The van der Waals surface area contributed by atoms with Gasteiger partial charge in [-0.25, -0.2) is 0 Å². The fraction of sp³-hybridized carbons (Fsp3) is 0.600. The van der Waals surface area contributed by atoms with Gasteiger partial charge in [-0.1, -0.05) is 30.3 Å². The predicted octanol–water partition coefficient (Wildman–Crippen LogP) is 1.19. The average Bonchev–Trinajstić information content (AvgIpc) is 2.87. The average molecular weight is 247 g/mol. The largest absolute Gasteiger partial charge is 0.329 e. The molecule has 0 aromatic heterocycles. The van der Waals surface area contributed by atoms with Crippen LogP contribution in [0.4, 0.5) is 0 Å². The van der Waals surface area contributed by atoms with E-state index in [1.165, 1.54) is 18.5 Å². The fourth-order valence-electron chi connectivity index (χ4n) is 2.77. The zero-order chi connectivity index (χ0) is 13.0. The third-order valence-corrected chi connectivity index (χ3v) is 4.03. The van der Waals surface area contributed by atoms with Crippen LogP contribution in [0.5, 0.6) is 0 Å². The van der Waals surface area contributed by atoms with E-state index in [1.807, 2.05) is 0 Å². The van der Waals surface area contributed by atoms with Crippen LogP contribution in [0.3, 0.4) is 0 Å². The van der Waals surface area contributed by atoms with Crippen molar-refractivity contribution in [1.29, 1.82) is 0 Å². The minimum atomic E-state index is 0.484. The molecule has 0 radical (unpaired) electrons. The molecule has 1 fully saturated rings. The Kier molecular flexibility index (Phi) is 4.75. The molecular formula is C15H25N3. The van der Waals surface area contributed by atoms with Gasteiger partial charge in [-0.2, -0.15) is 0 Å². The van der Waals surface area contributed by atoms with Gasteiger partial charge in [0.25, 0.3) is 0 Å². The van der Waals surface area contributed by atoms with E-state index in [9.17, 15) is 0 Å². The molecule has 3 nitrogen and oxygen atoms in total. The van der Waals surface area contributed by atoms with Gasteiger partial charge >= 0.3 is 0 Å². The maximum Gasteiger partial charge on any atom is 0.0259 e. The number of likely N-dealkylation sites (N-methyl/N-ethyl adjacent to an activating group) is 1. The second-order valence-corrected chi connectivity index (χ2v) is 5.48. The third-order valence-electron chi connectivity index (χ3n) is 4.03. The molecule has 3 heteroatoms. The monoisotopic (exact) mass is 247 g/mol. The zero-order valence-corrected chi connectivity index (χ0v) is 11.5. The number of likely N-dealkylation sites (tertiary alicyclic amines) is 1. The highest BCUT2D eigenvalue weighted by molar-refractivity contribution is 5.16. The van der Waals surface area contributed by atoms with E-state index in [4.69, 9.17) is 5.73 Å². The molecule has 1 aromatic carbocycles. The summed E-state index contributed by atoms with van der Waals surface area (Å²) in [5.74, 6) is 0. The Labute approximate surface area is 111 Å². The van der Waals surface area contributed by atoms with E-state index in [0.717, 1.165) is 19.5 Å². The van der Waals surface area contributed by atoms with Gasteiger partial charge in [0.15, 0.2) is 0 Å². The van der Waals surface area contributed by atoms with Crippen LogP contribution in [0, 0.1) is 0 Å². The van der Waals surface area contributed by atoms with Gasteiger partial charge in [-0.15, -0.1) is 0 Å². The highest BCUT2D eigenvalue weighted by Gasteiger charge is 2.28. The maximum absolute atomic E-state index is 5.97. The normalized spacial score (nSPS) is 22.6. The summed E-state index contributed by atoms with van der Waals surface area (Å²) in [4.78, 5) is 4.88. The van der Waals surface area contributed by atoms with E-state index < -0.39 is 0 Å². The molecule has 18 heavy (non-hydrogen) atoms. The second-order valence-electron chi connectivity index (χ2n) is 5.48. The Morgan fingerprint density at radius 1 is 1.33 bits per heavy atom. The fourth-order valence-corrected chi connectivity index (χ4v) is 2.77. The molecule has 2 rings (SSSR count). The maximum atomic E-state index is 5.97. The van der Waals surface area contributed by atoms with Crippen molar-refractivity contribution in [2.75, 3.05) is 33.7 Å². The number of hydrogen-bond donors (Lipinski definition) is 1. The van der Waals surface area contributed by atoms with E-state index in [1.54, 1.807) is 0 Å². The van der Waals surface area contributed by atoms with Crippen molar-refractivity contribution in [3.8, 4) is 0 Å². The molecule has 0 bridgehead atoms. The lowest BCUT2D eigenvalue weighted by atomic mass is 10.1. The highest BCUT2D eigenvalue weighted by Crippen LogP contribution is 2.18. The summed E-state index contributed by atoms with van der Waals surface area (Å²) >= 11 is 0. The Bertz CT molecular complexity index is 350. The molecule has 1 aliphatic rings. The first-order chi connectivity index (χ1) is 8.70. The minimum Gasteiger partial charge on any atom is -0.329 e. The molecule has 1 aliphatic heterocycles. The molecule has 2 atom stereocenters. The molecule has 0 amide bonds. The topological polar surface area (TPSA) is 32.5 Å². The molecule has 1 aromatic rings. The Hall–Kier alpha value is -0.900. The van der Waals surface area contributed by atoms with E-state index in [-0.39, 0.29) is 0 Å². The Balaban J connectivity index is 1.94. The van der Waals surface area contributed by atoms with Crippen LogP contribution >= 0.6 is 0 Å². The predicted molar refractivity (Wildman–Crippen MR) is 76.7 cm³/mol. The summed E-state index contributed by atoms with van der Waals surface area (Å²) in [6.07, 6.45) is 2.33. The van der Waals surface area contributed by atoms with Crippen molar-refractivity contribution >= 4 is 0 Å². The molecule has 0 saturated carbocycles. The smallest absolute Gasteiger partial charge is 0.0259 e. The van der Waals surface area contributed by atoms with Crippen molar-refractivity contribution in [1.82, 2.24) is 9.80 Å². The van der Waals surface area contributed by atoms with E-state index in [0.29, 0.717) is 12.1 Å². The minimum absolute atomic E-state index is 0.484. The summed E-state index contributed by atoms with van der Waals surface area (Å²) in [5, 5.41) is 0. The van der Waals surface area contributed by atoms with Gasteiger partial charge in [0, 0.05) is 31.7 Å². The SMILES string of the molecule is CN(C)C1CCN(C(CN)Cc2ccccc2)C1. The summed E-state index contributed by atoms with van der Waals surface area (Å²) in [6.45, 7) is 3.08. The molecule has 1 saturated heterocycles. The van der Waals surface area contributed by atoms with Crippen molar-refractivity contribution in [3.05, 3.63) is 35.9 Å². The third kappa shape index (κ3) is 3.31. The Morgan fingerprint density at radius 2 is 2.06 bits per heavy atom. The number of hydrogen-bond acceptors (Lipinski definition) is 3. The van der Waals surface area contributed by atoms with Gasteiger partial charge in [0.05, 0.1) is 0 Å². The first-order valence-corrected chi connectivity index (χ1v) is 6.85. The lowest BCUT2D eigenvalue weighted by Crippen LogP contribution is -2.42. The molecule has 2 unspecified atom stereocenters. The number of benzene rings is 1. The quantitative estimate of drug-likeness (QED) is 0.848. The molecule has 100 valence electrons. The van der Waals surface area contributed by atoms with Crippen molar-refractivity contribution in [2.45, 2.75) is 24.9 Å². The number of rotatable bonds is 5. The number of nitrogens with zero attached hydrogens (tertiary/aromatic N) is 2. The van der Waals surface area contributed by atoms with Gasteiger partial charge in [0.1, 0.15) is 0 Å². The van der Waals surface area contributed by atoms with Crippen molar-refractivity contribution < 1.29 is 0 Å². The zero-order valence-electron chi connectivity index (χ0n) is 11.5. The van der Waals surface area contributed by atoms with E-state index in [2.05, 4.69) is 54.2 Å². The van der Waals surface area contributed by atoms with Crippen LogP contribution in [0.1, 0.15) is 12.0 Å². The van der Waals surface area contributed by atoms with Crippen molar-refractivity contribution in [3.63, 3.8) is 0 Å². The van der Waals surface area contributed by atoms with Crippen LogP contribution in [-0.2, 0) is 6.42 Å². The first kappa shape index (κ1) is 13.5. The van der Waals surface area contributed by atoms with Crippen LogP contribution in [0.25, 0.3) is 0 Å². The van der Waals surface area contributed by atoms with Crippen LogP contribution in [-0.4, -0.2) is 55.6 Å². The van der Waals surface area contributed by atoms with Gasteiger partial charge in [0.2, 0.25) is 0 Å². The van der Waals surface area contributed by atoms with Gasteiger partial charge in [-0.05, 0) is 32.5 Å². The van der Waals surface area contributed by atoms with Gasteiger partial charge < -0.3 is 10.6 Å². The molecular weight excluding hydrogens is 222 g/mol. The first-order valence-electron chi connectivity index (χ1n) is 6.85. The van der Waals surface area contributed by atoms with Crippen LogP contribution in [0.15, 0.2) is 30.3 Å². The van der Waals surface area contributed by atoms with Crippen molar-refractivity contribution in [2.24, 2.45) is 5.73 Å². The summed E-state index contributed by atoms with van der Waals surface area (Å²) in [5.41, 5.74) is 7.36. The molecule has 0 spiro atoms. The summed E-state index contributed by atoms with van der Waals surface area (Å²) in [7, 11) is 4.34. The molecule has 0 aliphatic carbocycles. The second kappa shape index (κ2) is 6.32. The standard InChI is InChI=1S/C15H25N3/c1-17(2)14-8-9-18(12-14)15(11-16)10-13-6-4-3-5-7-13/h3-7,14-15H,8-12,16H2,1-2H3. The lowest BCUT2D eigenvalue weighted by molar-refractivity contribution is 0.217. The molecule has 2 N–H and O–H groups in total. The summed E-state index contributed by atoms with van der Waals surface area (Å²) in [6, 6.07) is 11.8. The lowest BCUT2D eigenvalue weighted by Gasteiger charge is -2.28. The van der Waals surface area contributed by atoms with Crippen LogP contribution in [0.2, 0.25) is 0 Å².